The average Bonchev–Trinajstić information content (AvgIpc) is 3.35. The first kappa shape index (κ1) is 29.3. The van der Waals surface area contributed by atoms with Crippen molar-refractivity contribution in [1.82, 2.24) is 19.6 Å². The Morgan fingerprint density at radius 3 is 2.40 bits per heavy atom. The molecule has 230 valence electrons. The number of amides is 2. The third-order valence-electron chi connectivity index (χ3n) is 8.63. The Bertz CT molecular complexity index is 1460. The Balaban J connectivity index is 1.26. The summed E-state index contributed by atoms with van der Waals surface area (Å²) in [5, 5.41) is 4.61. The van der Waals surface area contributed by atoms with Crippen molar-refractivity contribution in [3.63, 3.8) is 0 Å². The van der Waals surface area contributed by atoms with Gasteiger partial charge in [-0.05, 0) is 43.0 Å². The van der Waals surface area contributed by atoms with Gasteiger partial charge >= 0.3 is 12.2 Å². The van der Waals surface area contributed by atoms with Crippen LogP contribution in [-0.2, 0) is 19.3 Å². The van der Waals surface area contributed by atoms with Gasteiger partial charge in [0, 0.05) is 44.0 Å². The molecule has 0 saturated carbocycles. The molecule has 7 nitrogen and oxygen atoms in total. The van der Waals surface area contributed by atoms with E-state index in [0.29, 0.717) is 50.3 Å². The number of hydrogen-bond donors (Lipinski definition) is 0. The first-order chi connectivity index (χ1) is 20.5. The first-order valence-corrected chi connectivity index (χ1v) is 14.3. The van der Waals surface area contributed by atoms with Gasteiger partial charge in [0.2, 0.25) is 0 Å². The van der Waals surface area contributed by atoms with Crippen molar-refractivity contribution in [1.29, 1.82) is 0 Å². The Morgan fingerprint density at radius 1 is 1.00 bits per heavy atom. The molecule has 0 aliphatic carbocycles. The third-order valence-corrected chi connectivity index (χ3v) is 8.63. The highest BCUT2D eigenvalue weighted by Gasteiger charge is 2.41. The molecule has 0 atom stereocenters. The summed E-state index contributed by atoms with van der Waals surface area (Å²) < 4.78 is 83.5. The number of benzene rings is 2. The van der Waals surface area contributed by atoms with Crippen molar-refractivity contribution in [2.75, 3.05) is 42.5 Å². The first-order valence-electron chi connectivity index (χ1n) is 14.3. The lowest BCUT2D eigenvalue weighted by Crippen LogP contribution is -2.54. The molecule has 4 heterocycles. The predicted molar refractivity (Wildman–Crippen MR) is 149 cm³/mol. The van der Waals surface area contributed by atoms with Gasteiger partial charge in [-0.3, -0.25) is 14.5 Å². The summed E-state index contributed by atoms with van der Waals surface area (Å²) in [4.78, 5) is 20.6. The molecule has 2 amide bonds. The summed E-state index contributed by atoms with van der Waals surface area (Å²) in [6.45, 7) is 3.18. The van der Waals surface area contributed by atoms with E-state index < -0.39 is 24.2 Å². The summed E-state index contributed by atoms with van der Waals surface area (Å²) in [6.07, 6.45) is -4.16. The van der Waals surface area contributed by atoms with Gasteiger partial charge in [-0.1, -0.05) is 30.3 Å². The Kier molecular flexibility index (Phi) is 7.78. The number of anilines is 2. The summed E-state index contributed by atoms with van der Waals surface area (Å²) >= 11 is 0. The number of halogens is 6. The van der Waals surface area contributed by atoms with Gasteiger partial charge in [-0.15, -0.1) is 0 Å². The predicted octanol–water partition coefficient (Wildman–Crippen LogP) is 6.08. The van der Waals surface area contributed by atoms with Gasteiger partial charge in [0.25, 0.3) is 6.43 Å². The van der Waals surface area contributed by atoms with E-state index in [-0.39, 0.29) is 48.9 Å². The van der Waals surface area contributed by atoms with E-state index in [4.69, 9.17) is 0 Å². The van der Waals surface area contributed by atoms with Crippen molar-refractivity contribution in [2.24, 2.45) is 0 Å². The van der Waals surface area contributed by atoms with Crippen molar-refractivity contribution in [3.8, 4) is 0 Å². The average molecular weight is 607 g/mol. The molecule has 3 aliphatic heterocycles. The molecule has 2 aromatic carbocycles. The highest BCUT2D eigenvalue weighted by molar-refractivity contribution is 5.94. The minimum absolute atomic E-state index is 0.0534. The van der Waals surface area contributed by atoms with E-state index in [1.807, 2.05) is 17.9 Å². The molecule has 2 fully saturated rings. The number of carbonyl (C=O) groups is 1. The van der Waals surface area contributed by atoms with Crippen LogP contribution in [0.2, 0.25) is 0 Å². The van der Waals surface area contributed by atoms with Crippen molar-refractivity contribution in [3.05, 3.63) is 76.7 Å². The van der Waals surface area contributed by atoms with Gasteiger partial charge in [0.05, 0.1) is 36.9 Å². The van der Waals surface area contributed by atoms with E-state index in [2.05, 4.69) is 5.10 Å². The summed E-state index contributed by atoms with van der Waals surface area (Å²) in [5.41, 5.74) is 1.17. The molecule has 1 aromatic heterocycles. The van der Waals surface area contributed by atoms with Crippen molar-refractivity contribution in [2.45, 2.75) is 57.5 Å². The molecule has 0 bridgehead atoms. The van der Waals surface area contributed by atoms with Crippen LogP contribution < -0.4 is 9.80 Å². The number of rotatable bonds is 7. The minimum atomic E-state index is -4.60. The van der Waals surface area contributed by atoms with Crippen LogP contribution >= 0.6 is 0 Å². The van der Waals surface area contributed by atoms with Gasteiger partial charge in [-0.25, -0.2) is 18.0 Å². The molecule has 2 saturated heterocycles. The number of aryl methyl sites for hydroxylation is 1. The van der Waals surface area contributed by atoms with Crippen LogP contribution in [0.5, 0.6) is 0 Å². The van der Waals surface area contributed by atoms with E-state index >= 15 is 0 Å². The zero-order chi connectivity index (χ0) is 30.5. The number of carbonyl (C=O) groups excluding carboxylic acids is 1. The Labute approximate surface area is 245 Å². The molecule has 43 heavy (non-hydrogen) atoms. The number of alkyl halides is 5. The zero-order valence-electron chi connectivity index (χ0n) is 23.6. The molecule has 0 unspecified atom stereocenters. The van der Waals surface area contributed by atoms with Gasteiger partial charge in [0.1, 0.15) is 5.82 Å². The molecule has 0 spiro atoms. The standard InChI is InChI=1S/C30H32F6N6O/c1-19-5-4-8-25(31)27(19)39-11-9-22(10-12-39)40-14-21-15-42(23-16-38(17-23)18-26(32)33)37-28(21)41(29(40)43)13-20-6-2-3-7-24(20)30(34,35)36/h2-8,15,22-23,26H,9-14,16-18H2,1H3. The number of hydrogen-bond acceptors (Lipinski definition) is 4. The van der Waals surface area contributed by atoms with Crippen LogP contribution in [0.3, 0.4) is 0 Å². The zero-order valence-corrected chi connectivity index (χ0v) is 23.6. The smallest absolute Gasteiger partial charge is 0.369 e. The lowest BCUT2D eigenvalue weighted by molar-refractivity contribution is -0.138. The number of aromatic nitrogens is 2. The lowest BCUT2D eigenvalue weighted by Gasteiger charge is -2.43. The molecule has 13 heteroatoms. The minimum Gasteiger partial charge on any atom is -0.369 e. The van der Waals surface area contributed by atoms with Gasteiger partial charge in [-0.2, -0.15) is 18.3 Å². The molecule has 0 N–H and O–H groups in total. The molecule has 3 aromatic rings. The molecular weight excluding hydrogens is 574 g/mol. The second-order valence-electron chi connectivity index (χ2n) is 11.5. The Hall–Kier alpha value is -3.74. The highest BCUT2D eigenvalue weighted by Crippen LogP contribution is 2.38. The number of piperidine rings is 1. The SMILES string of the molecule is Cc1cccc(F)c1N1CCC(N2Cc3cn(C4CN(CC(F)F)C4)nc3N(Cc3ccccc3C(F)(F)F)C2=O)CC1. The number of nitrogens with zero attached hydrogens (tertiary/aromatic N) is 6. The second kappa shape index (κ2) is 11.4. The fourth-order valence-electron chi connectivity index (χ4n) is 6.45. The van der Waals surface area contributed by atoms with E-state index in [1.165, 1.54) is 29.2 Å². The highest BCUT2D eigenvalue weighted by atomic mass is 19.4. The van der Waals surface area contributed by atoms with E-state index in [1.54, 1.807) is 26.7 Å². The maximum absolute atomic E-state index is 14.6. The van der Waals surface area contributed by atoms with E-state index in [0.717, 1.165) is 11.6 Å². The third kappa shape index (κ3) is 5.78. The molecular formula is C30H32F6N6O. The van der Waals surface area contributed by atoms with Crippen LogP contribution in [0.4, 0.5) is 42.6 Å². The fourth-order valence-corrected chi connectivity index (χ4v) is 6.45. The van der Waals surface area contributed by atoms with E-state index in [9.17, 15) is 31.1 Å². The van der Waals surface area contributed by atoms with Crippen molar-refractivity contribution >= 4 is 17.5 Å². The fraction of sp³-hybridized carbons (Fsp3) is 0.467. The number of likely N-dealkylation sites (tertiary alicyclic amines) is 1. The van der Waals surface area contributed by atoms with Crippen LogP contribution in [0, 0.1) is 12.7 Å². The number of urea groups is 1. The number of fused-ring (bicyclic) bond motifs is 1. The topological polar surface area (TPSA) is 47.9 Å². The molecule has 0 radical (unpaired) electrons. The monoisotopic (exact) mass is 606 g/mol. The van der Waals surface area contributed by atoms with Crippen molar-refractivity contribution < 1.29 is 31.1 Å². The molecule has 6 rings (SSSR count). The maximum Gasteiger partial charge on any atom is 0.416 e. The molecule has 3 aliphatic rings. The lowest BCUT2D eigenvalue weighted by atomic mass is 10.00. The van der Waals surface area contributed by atoms with Crippen LogP contribution in [0.1, 0.15) is 41.1 Å². The van der Waals surface area contributed by atoms with Gasteiger partial charge in [0.15, 0.2) is 5.82 Å². The van der Waals surface area contributed by atoms with Gasteiger partial charge < -0.3 is 9.80 Å². The quantitative estimate of drug-likeness (QED) is 0.306. The Morgan fingerprint density at radius 2 is 1.72 bits per heavy atom. The summed E-state index contributed by atoms with van der Waals surface area (Å²) in [5.74, 6) is -0.0212. The normalized spacial score (nSPS) is 18.9. The second-order valence-corrected chi connectivity index (χ2v) is 11.5. The summed E-state index contributed by atoms with van der Waals surface area (Å²) in [7, 11) is 0. The van der Waals surface area contributed by atoms with Crippen LogP contribution in [0.25, 0.3) is 0 Å². The van der Waals surface area contributed by atoms with Crippen LogP contribution in [0.15, 0.2) is 48.7 Å². The largest absolute Gasteiger partial charge is 0.416 e. The number of para-hydroxylation sites is 1. The van der Waals surface area contributed by atoms with Crippen LogP contribution in [-0.4, -0.2) is 70.8 Å². The summed E-state index contributed by atoms with van der Waals surface area (Å²) in [6, 6.07) is 9.27. The maximum atomic E-state index is 14.6.